The number of fused-ring (bicyclic) bond motifs is 7. The van der Waals surface area contributed by atoms with Gasteiger partial charge in [0.15, 0.2) is 0 Å². The first-order valence-corrected chi connectivity index (χ1v) is 22.4. The molecule has 0 aliphatic heterocycles. The van der Waals surface area contributed by atoms with Gasteiger partial charge in [0.2, 0.25) is 0 Å². The molecule has 0 aliphatic carbocycles. The molecule has 0 N–H and O–H groups in total. The van der Waals surface area contributed by atoms with E-state index in [1.807, 2.05) is 0 Å². The van der Waals surface area contributed by atoms with Crippen LogP contribution in [-0.4, -0.2) is 4.98 Å². The minimum Gasteiger partial charge on any atom is -0.236 e. The summed E-state index contributed by atoms with van der Waals surface area (Å²) in [5.74, 6) is 0. The van der Waals surface area contributed by atoms with Crippen LogP contribution in [-0.2, 0) is 0 Å². The number of para-hydroxylation sites is 1. The van der Waals surface area contributed by atoms with Gasteiger partial charge in [-0.15, -0.1) is 11.3 Å². The number of aromatic nitrogens is 1. The molecule has 0 unspecified atom stereocenters. The molecule has 63 heavy (non-hydrogen) atoms. The average Bonchev–Trinajstić information content (AvgIpc) is 3.79. The van der Waals surface area contributed by atoms with Crippen molar-refractivity contribution in [1.82, 2.24) is 4.98 Å². The van der Waals surface area contributed by atoms with Gasteiger partial charge in [0.25, 0.3) is 0 Å². The number of rotatable bonds is 5. The van der Waals surface area contributed by atoms with Crippen LogP contribution < -0.4 is 0 Å². The van der Waals surface area contributed by atoms with E-state index in [9.17, 15) is 0 Å². The van der Waals surface area contributed by atoms with E-state index in [1.54, 1.807) is 11.3 Å². The summed E-state index contributed by atoms with van der Waals surface area (Å²) in [7, 11) is 0. The molecule has 13 aromatic rings. The molecule has 292 valence electrons. The highest BCUT2D eigenvalue weighted by Crippen LogP contribution is 2.49. The van der Waals surface area contributed by atoms with Crippen molar-refractivity contribution in [1.29, 1.82) is 0 Å². The van der Waals surface area contributed by atoms with Gasteiger partial charge >= 0.3 is 0 Å². The maximum atomic E-state index is 4.96. The second kappa shape index (κ2) is 14.3. The van der Waals surface area contributed by atoms with Crippen molar-refractivity contribution in [2.75, 3.05) is 0 Å². The predicted octanol–water partition coefficient (Wildman–Crippen LogP) is 17.6. The normalized spacial score (nSPS) is 11.8. The zero-order chi connectivity index (χ0) is 41.4. The smallest absolute Gasteiger partial charge is 0.124 e. The van der Waals surface area contributed by atoms with E-state index in [1.165, 1.54) is 114 Å². The van der Waals surface area contributed by atoms with E-state index < -0.39 is 0 Å². The molecule has 0 radical (unpaired) electrons. The fourth-order valence-corrected chi connectivity index (χ4v) is 11.1. The first-order chi connectivity index (χ1) is 31.2. The van der Waals surface area contributed by atoms with Crippen LogP contribution in [0.5, 0.6) is 0 Å². The van der Waals surface area contributed by atoms with E-state index in [2.05, 4.69) is 224 Å². The Morgan fingerprint density at radius 1 is 0.254 bits per heavy atom. The third-order valence-corrected chi connectivity index (χ3v) is 14.1. The maximum Gasteiger partial charge on any atom is 0.124 e. The first-order valence-electron chi connectivity index (χ1n) is 21.6. The van der Waals surface area contributed by atoms with Crippen molar-refractivity contribution in [2.24, 2.45) is 0 Å². The van der Waals surface area contributed by atoms with Crippen LogP contribution in [0, 0.1) is 0 Å². The molecule has 1 nitrogen and oxygen atoms in total. The topological polar surface area (TPSA) is 12.9 Å². The molecule has 0 spiro atoms. The summed E-state index contributed by atoms with van der Waals surface area (Å²) in [6, 6.07) is 82.9. The Morgan fingerprint density at radius 2 is 0.619 bits per heavy atom. The molecule has 13 rings (SSSR count). The minimum absolute atomic E-state index is 1.05. The summed E-state index contributed by atoms with van der Waals surface area (Å²) in [6.07, 6.45) is 0. The van der Waals surface area contributed by atoms with E-state index in [-0.39, 0.29) is 0 Å². The van der Waals surface area contributed by atoms with Gasteiger partial charge in [0.05, 0.1) is 10.2 Å². The highest BCUT2D eigenvalue weighted by Gasteiger charge is 2.21. The van der Waals surface area contributed by atoms with Crippen LogP contribution in [0.1, 0.15) is 0 Å². The van der Waals surface area contributed by atoms with Crippen LogP contribution in [0.25, 0.3) is 130 Å². The molecule has 1 heterocycles. The fraction of sp³-hybridized carbons (Fsp3) is 0. The van der Waals surface area contributed by atoms with Gasteiger partial charge in [-0.2, -0.15) is 0 Å². The number of benzene rings is 12. The molecule has 0 amide bonds. The van der Waals surface area contributed by atoms with Crippen molar-refractivity contribution in [2.45, 2.75) is 0 Å². The van der Waals surface area contributed by atoms with Crippen LogP contribution in [0.3, 0.4) is 0 Å². The van der Waals surface area contributed by atoms with E-state index in [0.717, 1.165) is 16.1 Å². The summed E-state index contributed by atoms with van der Waals surface area (Å²) in [5.41, 5.74) is 12.1. The van der Waals surface area contributed by atoms with Crippen LogP contribution >= 0.6 is 11.3 Å². The molecule has 1 aromatic heterocycles. The summed E-state index contributed by atoms with van der Waals surface area (Å²) < 4.78 is 1.21. The molecule has 0 fully saturated rings. The highest BCUT2D eigenvalue weighted by atomic mass is 32.1. The van der Waals surface area contributed by atoms with Crippen molar-refractivity contribution >= 4 is 86.2 Å². The zero-order valence-electron chi connectivity index (χ0n) is 34.2. The number of hydrogen-bond donors (Lipinski definition) is 0. The van der Waals surface area contributed by atoms with Gasteiger partial charge in [0, 0.05) is 5.56 Å². The lowest BCUT2D eigenvalue weighted by molar-refractivity contribution is 1.48. The zero-order valence-corrected chi connectivity index (χ0v) is 35.0. The number of thiazole rings is 1. The lowest BCUT2D eigenvalue weighted by Gasteiger charge is -2.21. The Bertz CT molecular complexity index is 3880. The largest absolute Gasteiger partial charge is 0.236 e. The molecule has 2 heteroatoms. The molecule has 0 saturated carbocycles. The molecule has 0 saturated heterocycles. The van der Waals surface area contributed by atoms with Gasteiger partial charge < -0.3 is 0 Å². The molecule has 0 atom stereocenters. The van der Waals surface area contributed by atoms with Gasteiger partial charge in [-0.3, -0.25) is 0 Å². The Kier molecular flexibility index (Phi) is 8.15. The first kappa shape index (κ1) is 35.8. The van der Waals surface area contributed by atoms with E-state index >= 15 is 0 Å². The predicted molar refractivity (Wildman–Crippen MR) is 272 cm³/mol. The summed E-state index contributed by atoms with van der Waals surface area (Å²) in [4.78, 5) is 4.96. The summed E-state index contributed by atoms with van der Waals surface area (Å²) in [5, 5.41) is 16.0. The van der Waals surface area contributed by atoms with Gasteiger partial charge in [-0.25, -0.2) is 4.98 Å². The average molecular weight is 816 g/mol. The Morgan fingerprint density at radius 3 is 1.14 bits per heavy atom. The van der Waals surface area contributed by atoms with E-state index in [0.29, 0.717) is 0 Å². The van der Waals surface area contributed by atoms with Crippen molar-refractivity contribution in [3.05, 3.63) is 224 Å². The lowest BCUT2D eigenvalue weighted by atomic mass is 9.82. The van der Waals surface area contributed by atoms with Crippen molar-refractivity contribution in [3.63, 3.8) is 0 Å². The maximum absolute atomic E-state index is 4.96. The Hall–Kier alpha value is -7.91. The van der Waals surface area contributed by atoms with Gasteiger partial charge in [0.1, 0.15) is 5.01 Å². The molecule has 0 aliphatic rings. The van der Waals surface area contributed by atoms with E-state index in [4.69, 9.17) is 4.98 Å². The van der Waals surface area contributed by atoms with Crippen LogP contribution in [0.4, 0.5) is 0 Å². The van der Waals surface area contributed by atoms with Crippen molar-refractivity contribution < 1.29 is 0 Å². The molecular weight excluding hydrogens is 779 g/mol. The molecule has 0 bridgehead atoms. The number of nitrogens with zero attached hydrogens (tertiary/aromatic N) is 1. The summed E-state index contributed by atoms with van der Waals surface area (Å²) >= 11 is 1.75. The Labute approximate surface area is 368 Å². The van der Waals surface area contributed by atoms with Gasteiger partial charge in [-0.1, -0.05) is 194 Å². The van der Waals surface area contributed by atoms with Crippen molar-refractivity contribution in [3.8, 4) is 55.1 Å². The standard InChI is InChI=1S/C61H37NS/c1-3-15-42-35-44(31-25-38(42)13-1)58-51-21-9-10-22-52(51)60(45-32-26-39-14-2-4-16-43(39)36-45)54-37-46(33-34-53(54)58)59-49-19-7-5-17-47(49)57(48-18-6-8-20-50(48)59)40-27-29-41(30-28-40)61-62-55-23-11-12-24-56(55)63-61/h1-37H. The molecule has 12 aromatic carbocycles. The lowest BCUT2D eigenvalue weighted by Crippen LogP contribution is -1.94. The second-order valence-corrected chi connectivity index (χ2v) is 17.6. The Balaban J connectivity index is 1.07. The third-order valence-electron chi connectivity index (χ3n) is 13.0. The SMILES string of the molecule is c1ccc2cc(-c3c4ccccc4c(-c4ccc5ccccc5c4)c4cc(-c5c6ccccc6c(-c6ccc(-c7nc8ccccc8s7)cc6)c6ccccc56)ccc34)ccc2c1. The number of hydrogen-bond acceptors (Lipinski definition) is 2. The van der Waals surface area contributed by atoms with Crippen LogP contribution in [0.15, 0.2) is 224 Å². The van der Waals surface area contributed by atoms with Gasteiger partial charge in [-0.05, 0) is 139 Å². The fourth-order valence-electron chi connectivity index (χ4n) is 10.2. The monoisotopic (exact) mass is 815 g/mol. The second-order valence-electron chi connectivity index (χ2n) is 16.6. The minimum atomic E-state index is 1.05. The highest BCUT2D eigenvalue weighted by molar-refractivity contribution is 7.21. The third kappa shape index (κ3) is 5.80. The van der Waals surface area contributed by atoms with Crippen LogP contribution in [0.2, 0.25) is 0 Å². The quantitative estimate of drug-likeness (QED) is 0.158. The summed E-state index contributed by atoms with van der Waals surface area (Å²) in [6.45, 7) is 0. The molecular formula is C61H37NS.